The molecule has 0 aliphatic heterocycles. The summed E-state index contributed by atoms with van der Waals surface area (Å²) in [5.41, 5.74) is 0.547. The zero-order chi connectivity index (χ0) is 20.7. The molecule has 0 aliphatic rings. The van der Waals surface area contributed by atoms with E-state index in [1.54, 1.807) is 19.1 Å². The second-order valence-corrected chi connectivity index (χ2v) is 7.83. The molecule has 152 valence electrons. The molecule has 6 nitrogen and oxygen atoms in total. The second-order valence-electron chi connectivity index (χ2n) is 7.83. The summed E-state index contributed by atoms with van der Waals surface area (Å²) in [6.07, 6.45) is 0.484. The Morgan fingerprint density at radius 1 is 1.07 bits per heavy atom. The second kappa shape index (κ2) is 9.44. The Labute approximate surface area is 166 Å². The van der Waals surface area contributed by atoms with Crippen molar-refractivity contribution < 1.29 is 19.1 Å². The lowest BCUT2D eigenvalue weighted by Gasteiger charge is -2.20. The van der Waals surface area contributed by atoms with Crippen LogP contribution < -0.4 is 10.1 Å². The highest BCUT2D eigenvalue weighted by atomic mass is 16.6. The predicted octanol–water partition coefficient (Wildman–Crippen LogP) is 4.11. The highest BCUT2D eigenvalue weighted by molar-refractivity contribution is 5.84. The van der Waals surface area contributed by atoms with Crippen molar-refractivity contribution in [3.05, 3.63) is 42.0 Å². The number of carbonyl (C=O) groups excluding carboxylic acids is 2. The smallest absolute Gasteiger partial charge is 0.407 e. The minimum atomic E-state index is -0.523. The van der Waals surface area contributed by atoms with Gasteiger partial charge in [-0.25, -0.2) is 4.79 Å². The lowest BCUT2D eigenvalue weighted by molar-refractivity contribution is -0.130. The number of alkyl carbamates (subject to hydrolysis) is 1. The number of hydrogen-bond acceptors (Lipinski definition) is 4. The van der Waals surface area contributed by atoms with Crippen LogP contribution in [0.25, 0.3) is 10.8 Å². The van der Waals surface area contributed by atoms with E-state index in [0.717, 1.165) is 22.1 Å². The van der Waals surface area contributed by atoms with Gasteiger partial charge in [0, 0.05) is 26.6 Å². The molecule has 2 amide bonds. The highest BCUT2D eigenvalue weighted by Gasteiger charge is 2.16. The van der Waals surface area contributed by atoms with Crippen LogP contribution in [0.3, 0.4) is 0 Å². The summed E-state index contributed by atoms with van der Waals surface area (Å²) in [7, 11) is 3.45. The van der Waals surface area contributed by atoms with Crippen molar-refractivity contribution in [2.75, 3.05) is 20.7 Å². The van der Waals surface area contributed by atoms with Crippen LogP contribution in [-0.4, -0.2) is 43.2 Å². The van der Waals surface area contributed by atoms with Crippen LogP contribution in [0.2, 0.25) is 0 Å². The number of nitrogens with zero attached hydrogens (tertiary/aromatic N) is 1. The van der Waals surface area contributed by atoms with Gasteiger partial charge in [0.05, 0.1) is 7.11 Å². The molecule has 0 atom stereocenters. The van der Waals surface area contributed by atoms with Crippen LogP contribution in [0.15, 0.2) is 36.4 Å². The Bertz CT molecular complexity index is 827. The highest BCUT2D eigenvalue weighted by Crippen LogP contribution is 2.22. The van der Waals surface area contributed by atoms with Crippen LogP contribution >= 0.6 is 0 Å². The van der Waals surface area contributed by atoms with Crippen LogP contribution in [-0.2, 0) is 16.1 Å². The zero-order valence-corrected chi connectivity index (χ0v) is 17.4. The third-order valence-corrected chi connectivity index (χ3v) is 4.19. The van der Waals surface area contributed by atoms with Gasteiger partial charge in [0.2, 0.25) is 5.91 Å². The number of fused-ring (bicyclic) bond motifs is 1. The van der Waals surface area contributed by atoms with Crippen molar-refractivity contribution in [2.24, 2.45) is 0 Å². The molecule has 28 heavy (non-hydrogen) atoms. The number of benzene rings is 2. The maximum atomic E-state index is 12.3. The van der Waals surface area contributed by atoms with E-state index in [-0.39, 0.29) is 5.91 Å². The SMILES string of the molecule is COc1ccc2cc(CN(C)C(=O)CCCNC(=O)OC(C)(C)C)ccc2c1. The van der Waals surface area contributed by atoms with Gasteiger partial charge >= 0.3 is 6.09 Å². The fourth-order valence-electron chi connectivity index (χ4n) is 2.80. The molecule has 1 N–H and O–H groups in total. The quantitative estimate of drug-likeness (QED) is 0.727. The number of nitrogens with one attached hydrogen (secondary N) is 1. The molecule has 0 saturated heterocycles. The van der Waals surface area contributed by atoms with Gasteiger partial charge in [0.1, 0.15) is 11.4 Å². The number of rotatable bonds is 7. The Morgan fingerprint density at radius 2 is 1.75 bits per heavy atom. The molecule has 0 spiro atoms. The summed E-state index contributed by atoms with van der Waals surface area (Å²) in [5, 5.41) is 4.88. The third-order valence-electron chi connectivity index (χ3n) is 4.19. The summed E-state index contributed by atoms with van der Waals surface area (Å²) in [6.45, 7) is 6.39. The van der Waals surface area contributed by atoms with Crippen molar-refractivity contribution in [3.63, 3.8) is 0 Å². The minimum Gasteiger partial charge on any atom is -0.497 e. The summed E-state index contributed by atoms with van der Waals surface area (Å²) in [6, 6.07) is 12.1. The Kier molecular flexibility index (Phi) is 7.26. The van der Waals surface area contributed by atoms with E-state index in [2.05, 4.69) is 11.4 Å². The van der Waals surface area contributed by atoms with Gasteiger partial charge in [-0.15, -0.1) is 0 Å². The molecule has 0 saturated carbocycles. The number of ether oxygens (including phenoxy) is 2. The Morgan fingerprint density at radius 3 is 2.43 bits per heavy atom. The molecule has 2 rings (SSSR count). The molecule has 0 aliphatic carbocycles. The fraction of sp³-hybridized carbons (Fsp3) is 0.455. The molecule has 0 unspecified atom stereocenters. The van der Waals surface area contributed by atoms with E-state index in [1.165, 1.54) is 0 Å². The first-order chi connectivity index (χ1) is 13.2. The molecule has 0 aromatic heterocycles. The van der Waals surface area contributed by atoms with Crippen LogP contribution in [0, 0.1) is 0 Å². The van der Waals surface area contributed by atoms with Gasteiger partial charge in [-0.2, -0.15) is 0 Å². The Balaban J connectivity index is 1.80. The van der Waals surface area contributed by atoms with Crippen molar-refractivity contribution in [3.8, 4) is 5.75 Å². The van der Waals surface area contributed by atoms with Crippen LogP contribution in [0.1, 0.15) is 39.2 Å². The first kappa shape index (κ1) is 21.5. The average molecular weight is 386 g/mol. The van der Waals surface area contributed by atoms with E-state index in [1.807, 2.05) is 51.1 Å². The number of hydrogen-bond donors (Lipinski definition) is 1. The van der Waals surface area contributed by atoms with Gasteiger partial charge in [-0.05, 0) is 61.7 Å². The molecule has 6 heteroatoms. The van der Waals surface area contributed by atoms with Crippen LogP contribution in [0.4, 0.5) is 4.79 Å². The van der Waals surface area contributed by atoms with Crippen molar-refractivity contribution in [1.82, 2.24) is 10.2 Å². The average Bonchev–Trinajstić information content (AvgIpc) is 2.63. The van der Waals surface area contributed by atoms with E-state index in [9.17, 15) is 9.59 Å². The van der Waals surface area contributed by atoms with E-state index in [4.69, 9.17) is 9.47 Å². The molecular weight excluding hydrogens is 356 g/mol. The molecule has 0 heterocycles. The van der Waals surface area contributed by atoms with Crippen molar-refractivity contribution >= 4 is 22.8 Å². The van der Waals surface area contributed by atoms with Gasteiger partial charge in [-0.3, -0.25) is 4.79 Å². The van der Waals surface area contributed by atoms with Crippen molar-refractivity contribution in [2.45, 2.75) is 45.8 Å². The first-order valence-electron chi connectivity index (χ1n) is 9.45. The number of methoxy groups -OCH3 is 1. The van der Waals surface area contributed by atoms with Gasteiger partial charge in [0.25, 0.3) is 0 Å². The number of carbonyl (C=O) groups is 2. The lowest BCUT2D eigenvalue weighted by atomic mass is 10.1. The fourth-order valence-corrected chi connectivity index (χ4v) is 2.80. The van der Waals surface area contributed by atoms with Crippen LogP contribution in [0.5, 0.6) is 5.75 Å². The van der Waals surface area contributed by atoms with Gasteiger partial charge in [-0.1, -0.05) is 18.2 Å². The minimum absolute atomic E-state index is 0.0424. The van der Waals surface area contributed by atoms with E-state index < -0.39 is 11.7 Å². The standard InChI is InChI=1S/C22H30N2O4/c1-22(2,3)28-21(26)23-12-6-7-20(25)24(4)15-16-8-9-18-14-19(27-5)11-10-17(18)13-16/h8-11,13-14H,6-7,12,15H2,1-5H3,(H,23,26). The molecular formula is C22H30N2O4. The maximum Gasteiger partial charge on any atom is 0.407 e. The monoisotopic (exact) mass is 386 g/mol. The summed E-state index contributed by atoms with van der Waals surface area (Å²) >= 11 is 0. The maximum absolute atomic E-state index is 12.3. The zero-order valence-electron chi connectivity index (χ0n) is 17.4. The van der Waals surface area contributed by atoms with E-state index >= 15 is 0 Å². The summed E-state index contributed by atoms with van der Waals surface area (Å²) in [5.74, 6) is 0.869. The topological polar surface area (TPSA) is 67.9 Å². The summed E-state index contributed by atoms with van der Waals surface area (Å²) < 4.78 is 10.4. The molecule has 0 fully saturated rings. The van der Waals surface area contributed by atoms with Crippen molar-refractivity contribution in [1.29, 1.82) is 0 Å². The largest absolute Gasteiger partial charge is 0.497 e. The first-order valence-corrected chi connectivity index (χ1v) is 9.45. The lowest BCUT2D eigenvalue weighted by Crippen LogP contribution is -2.33. The summed E-state index contributed by atoms with van der Waals surface area (Å²) in [4.78, 5) is 25.6. The third kappa shape index (κ3) is 6.76. The molecule has 2 aromatic rings. The molecule has 2 aromatic carbocycles. The van der Waals surface area contributed by atoms with Gasteiger partial charge in [0.15, 0.2) is 0 Å². The Hall–Kier alpha value is -2.76. The normalized spacial score (nSPS) is 11.2. The van der Waals surface area contributed by atoms with E-state index in [0.29, 0.717) is 25.9 Å². The van der Waals surface area contributed by atoms with Gasteiger partial charge < -0.3 is 19.7 Å². The predicted molar refractivity (Wildman–Crippen MR) is 110 cm³/mol. The number of amides is 2. The molecule has 0 radical (unpaired) electrons. The molecule has 0 bridgehead atoms.